The highest BCUT2D eigenvalue weighted by atomic mass is 35.5. The lowest BCUT2D eigenvalue weighted by Crippen LogP contribution is -2.49. The zero-order valence-electron chi connectivity index (χ0n) is 14.5. The second kappa shape index (κ2) is 8.37. The molecule has 3 rings (SSSR count). The zero-order chi connectivity index (χ0) is 17.6. The summed E-state index contributed by atoms with van der Waals surface area (Å²) in [6.07, 6.45) is 0. The fourth-order valence-corrected chi connectivity index (χ4v) is 3.34. The summed E-state index contributed by atoms with van der Waals surface area (Å²) in [6, 6.07) is 18.0. The molecule has 0 saturated carbocycles. The molecule has 1 unspecified atom stereocenters. The molecular weight excluding hydrogens is 334 g/mol. The molecule has 1 saturated heterocycles. The maximum absolute atomic E-state index is 12.3. The van der Waals surface area contributed by atoms with Crippen molar-refractivity contribution >= 4 is 23.2 Å². The van der Waals surface area contributed by atoms with E-state index in [0.29, 0.717) is 6.54 Å². The SMILES string of the molecule is CC(NC(=O)CN1CCN(c2cccc(Cl)c2)CC1)c1ccccc1. The normalized spacial score (nSPS) is 16.5. The quantitative estimate of drug-likeness (QED) is 0.891. The molecule has 1 aliphatic heterocycles. The van der Waals surface area contributed by atoms with Gasteiger partial charge in [0.1, 0.15) is 0 Å². The van der Waals surface area contributed by atoms with Crippen LogP contribution in [0.3, 0.4) is 0 Å². The molecule has 0 aromatic heterocycles. The molecule has 5 heteroatoms. The van der Waals surface area contributed by atoms with Gasteiger partial charge in [0.2, 0.25) is 5.91 Å². The lowest BCUT2D eigenvalue weighted by Gasteiger charge is -2.36. The van der Waals surface area contributed by atoms with Crippen molar-refractivity contribution in [3.63, 3.8) is 0 Å². The Morgan fingerprint density at radius 3 is 2.48 bits per heavy atom. The number of nitrogens with one attached hydrogen (secondary N) is 1. The van der Waals surface area contributed by atoms with Crippen LogP contribution in [0.4, 0.5) is 5.69 Å². The van der Waals surface area contributed by atoms with E-state index in [-0.39, 0.29) is 11.9 Å². The van der Waals surface area contributed by atoms with Crippen molar-refractivity contribution < 1.29 is 4.79 Å². The topological polar surface area (TPSA) is 35.6 Å². The third-order valence-electron chi connectivity index (χ3n) is 4.59. The molecule has 1 aliphatic rings. The Balaban J connectivity index is 1.46. The fraction of sp³-hybridized carbons (Fsp3) is 0.350. The smallest absolute Gasteiger partial charge is 0.234 e. The van der Waals surface area contributed by atoms with E-state index in [9.17, 15) is 4.79 Å². The van der Waals surface area contributed by atoms with Crippen LogP contribution in [0.5, 0.6) is 0 Å². The molecule has 1 amide bonds. The predicted octanol–water partition coefficient (Wildman–Crippen LogP) is 3.34. The summed E-state index contributed by atoms with van der Waals surface area (Å²) in [5.41, 5.74) is 2.27. The third-order valence-corrected chi connectivity index (χ3v) is 4.83. The van der Waals surface area contributed by atoms with Gasteiger partial charge in [-0.05, 0) is 30.7 Å². The van der Waals surface area contributed by atoms with Gasteiger partial charge in [0.05, 0.1) is 12.6 Å². The van der Waals surface area contributed by atoms with E-state index >= 15 is 0 Å². The molecule has 2 aromatic carbocycles. The molecule has 25 heavy (non-hydrogen) atoms. The van der Waals surface area contributed by atoms with Crippen LogP contribution in [0.15, 0.2) is 54.6 Å². The number of carbonyl (C=O) groups excluding carboxylic acids is 1. The van der Waals surface area contributed by atoms with Crippen LogP contribution in [0.1, 0.15) is 18.5 Å². The Kier molecular flexibility index (Phi) is 5.95. The second-order valence-corrected chi connectivity index (χ2v) is 6.88. The van der Waals surface area contributed by atoms with E-state index in [4.69, 9.17) is 11.6 Å². The van der Waals surface area contributed by atoms with Crippen LogP contribution >= 0.6 is 11.6 Å². The average molecular weight is 358 g/mol. The Bertz CT molecular complexity index is 699. The minimum Gasteiger partial charge on any atom is -0.369 e. The van der Waals surface area contributed by atoms with Crippen LogP contribution in [-0.4, -0.2) is 43.5 Å². The van der Waals surface area contributed by atoms with Crippen molar-refractivity contribution in [2.75, 3.05) is 37.6 Å². The van der Waals surface area contributed by atoms with Gasteiger partial charge in [0, 0.05) is 36.9 Å². The first kappa shape index (κ1) is 17.8. The number of nitrogens with zero attached hydrogens (tertiary/aromatic N) is 2. The molecule has 0 radical (unpaired) electrons. The number of piperazine rings is 1. The van der Waals surface area contributed by atoms with Gasteiger partial charge >= 0.3 is 0 Å². The molecule has 132 valence electrons. The van der Waals surface area contributed by atoms with Gasteiger partial charge in [0.15, 0.2) is 0 Å². The molecule has 1 N–H and O–H groups in total. The van der Waals surface area contributed by atoms with Gasteiger partial charge < -0.3 is 10.2 Å². The van der Waals surface area contributed by atoms with Crippen molar-refractivity contribution in [1.82, 2.24) is 10.2 Å². The summed E-state index contributed by atoms with van der Waals surface area (Å²) >= 11 is 6.07. The van der Waals surface area contributed by atoms with E-state index in [1.165, 1.54) is 0 Å². The summed E-state index contributed by atoms with van der Waals surface area (Å²) in [5, 5.41) is 3.84. The average Bonchev–Trinajstić information content (AvgIpc) is 2.63. The van der Waals surface area contributed by atoms with Crippen LogP contribution in [0.2, 0.25) is 5.02 Å². The van der Waals surface area contributed by atoms with Gasteiger partial charge in [-0.25, -0.2) is 0 Å². The van der Waals surface area contributed by atoms with Gasteiger partial charge in [-0.15, -0.1) is 0 Å². The van der Waals surface area contributed by atoms with E-state index < -0.39 is 0 Å². The standard InChI is InChI=1S/C20H24ClN3O/c1-16(17-6-3-2-4-7-17)22-20(25)15-23-10-12-24(13-11-23)19-9-5-8-18(21)14-19/h2-9,14,16H,10-13,15H2,1H3,(H,22,25). The minimum absolute atomic E-state index is 0.0291. The Morgan fingerprint density at radius 2 is 1.80 bits per heavy atom. The monoisotopic (exact) mass is 357 g/mol. The second-order valence-electron chi connectivity index (χ2n) is 6.44. The third kappa shape index (κ3) is 4.97. The van der Waals surface area contributed by atoms with Gasteiger partial charge in [-0.2, -0.15) is 0 Å². The number of anilines is 1. The van der Waals surface area contributed by atoms with E-state index in [1.54, 1.807) is 0 Å². The number of amides is 1. The van der Waals surface area contributed by atoms with Crippen molar-refractivity contribution in [1.29, 1.82) is 0 Å². The maximum Gasteiger partial charge on any atom is 0.234 e. The predicted molar refractivity (Wildman–Crippen MR) is 103 cm³/mol. The Labute approximate surface area is 154 Å². The Morgan fingerprint density at radius 1 is 1.08 bits per heavy atom. The number of rotatable bonds is 5. The van der Waals surface area contributed by atoms with Crippen molar-refractivity contribution in [2.24, 2.45) is 0 Å². The summed E-state index contributed by atoms with van der Waals surface area (Å²) in [6.45, 7) is 6.02. The molecule has 1 heterocycles. The highest BCUT2D eigenvalue weighted by Crippen LogP contribution is 2.20. The lowest BCUT2D eigenvalue weighted by molar-refractivity contribution is -0.123. The molecule has 1 fully saturated rings. The first-order chi connectivity index (χ1) is 12.1. The first-order valence-corrected chi connectivity index (χ1v) is 9.07. The molecule has 0 bridgehead atoms. The van der Waals surface area contributed by atoms with E-state index in [2.05, 4.69) is 21.2 Å². The minimum atomic E-state index is 0.0291. The van der Waals surface area contributed by atoms with Crippen molar-refractivity contribution in [2.45, 2.75) is 13.0 Å². The van der Waals surface area contributed by atoms with Gasteiger partial charge in [-0.1, -0.05) is 48.0 Å². The summed E-state index contributed by atoms with van der Waals surface area (Å²) in [5.74, 6) is 0.0764. The number of carbonyl (C=O) groups is 1. The maximum atomic E-state index is 12.3. The lowest BCUT2D eigenvalue weighted by atomic mass is 10.1. The van der Waals surface area contributed by atoms with Gasteiger partial charge in [0.25, 0.3) is 0 Å². The van der Waals surface area contributed by atoms with Gasteiger partial charge in [-0.3, -0.25) is 9.69 Å². The number of hydrogen-bond acceptors (Lipinski definition) is 3. The van der Waals surface area contributed by atoms with E-state index in [0.717, 1.165) is 42.5 Å². The van der Waals surface area contributed by atoms with Crippen molar-refractivity contribution in [3.05, 3.63) is 65.2 Å². The van der Waals surface area contributed by atoms with Crippen LogP contribution in [-0.2, 0) is 4.79 Å². The summed E-state index contributed by atoms with van der Waals surface area (Å²) in [4.78, 5) is 16.8. The molecule has 2 aromatic rings. The van der Waals surface area contributed by atoms with E-state index in [1.807, 2.05) is 55.5 Å². The highest BCUT2D eigenvalue weighted by molar-refractivity contribution is 6.30. The summed E-state index contributed by atoms with van der Waals surface area (Å²) in [7, 11) is 0. The number of halogens is 1. The molecule has 0 aliphatic carbocycles. The summed E-state index contributed by atoms with van der Waals surface area (Å²) < 4.78 is 0. The fourth-order valence-electron chi connectivity index (χ4n) is 3.15. The van der Waals surface area contributed by atoms with Crippen LogP contribution in [0, 0.1) is 0 Å². The molecule has 1 atom stereocenters. The molecule has 4 nitrogen and oxygen atoms in total. The first-order valence-electron chi connectivity index (χ1n) is 8.69. The zero-order valence-corrected chi connectivity index (χ0v) is 15.2. The number of benzene rings is 2. The van der Waals surface area contributed by atoms with Crippen molar-refractivity contribution in [3.8, 4) is 0 Å². The highest BCUT2D eigenvalue weighted by Gasteiger charge is 2.20. The largest absolute Gasteiger partial charge is 0.369 e. The van der Waals surface area contributed by atoms with Crippen LogP contribution < -0.4 is 10.2 Å². The van der Waals surface area contributed by atoms with Crippen LogP contribution in [0.25, 0.3) is 0 Å². The number of hydrogen-bond donors (Lipinski definition) is 1. The Hall–Kier alpha value is -2.04. The molecule has 0 spiro atoms. The molecular formula is C20H24ClN3O.